The van der Waals surface area contributed by atoms with E-state index >= 15 is 0 Å². The highest BCUT2D eigenvalue weighted by Crippen LogP contribution is 2.41. The summed E-state index contributed by atoms with van der Waals surface area (Å²) in [5.74, 6) is 1.41. The topological polar surface area (TPSA) is 86.3 Å². The second kappa shape index (κ2) is 11.3. The predicted octanol–water partition coefficient (Wildman–Crippen LogP) is 3.53. The number of amidine groups is 1. The third-order valence-corrected chi connectivity index (χ3v) is 4.60. The Bertz CT molecular complexity index is 1120. The van der Waals surface area contributed by atoms with Gasteiger partial charge in [-0.25, -0.2) is 9.98 Å². The number of aliphatic imine (C=N–C) groups is 1. The van der Waals surface area contributed by atoms with E-state index in [2.05, 4.69) is 20.4 Å². The molecule has 0 radical (unpaired) electrons. The van der Waals surface area contributed by atoms with Crippen LogP contribution in [0.5, 0.6) is 5.75 Å². The van der Waals surface area contributed by atoms with Crippen LogP contribution in [-0.2, 0) is 25.3 Å². The first-order valence-electron chi connectivity index (χ1n) is 10.0. The van der Waals surface area contributed by atoms with Crippen LogP contribution in [0, 0.1) is 0 Å². The fourth-order valence-corrected chi connectivity index (χ4v) is 3.10. The second-order valence-electron chi connectivity index (χ2n) is 6.93. The van der Waals surface area contributed by atoms with Gasteiger partial charge in [0.1, 0.15) is 11.6 Å². The number of hydrogen-bond acceptors (Lipinski definition) is 5. The number of nitrogens with zero attached hydrogens (tertiary/aromatic N) is 5. The molecular weight excluding hydrogens is 404 g/mol. The van der Waals surface area contributed by atoms with Crippen LogP contribution in [0.2, 0.25) is 0 Å². The lowest BCUT2D eigenvalue weighted by molar-refractivity contribution is -0.108. The van der Waals surface area contributed by atoms with Crippen molar-refractivity contribution in [3.8, 4) is 16.9 Å². The van der Waals surface area contributed by atoms with Crippen molar-refractivity contribution in [3.63, 3.8) is 0 Å². The minimum Gasteiger partial charge on any atom is -0.496 e. The van der Waals surface area contributed by atoms with E-state index in [0.717, 1.165) is 28.1 Å². The molecule has 0 spiro atoms. The Labute approximate surface area is 187 Å². The van der Waals surface area contributed by atoms with E-state index in [1.54, 1.807) is 30.5 Å². The average molecular weight is 431 g/mol. The molecule has 0 saturated heterocycles. The SMILES string of the molecule is COc1ccc(-c2cnn(C)c2)c2c1CC(NC=O)=N2.Cn1ccnc1.c1ccccc1. The van der Waals surface area contributed by atoms with Gasteiger partial charge in [0.05, 0.1) is 25.3 Å². The van der Waals surface area contributed by atoms with E-state index in [1.807, 2.05) is 79.6 Å². The summed E-state index contributed by atoms with van der Waals surface area (Å²) in [5, 5.41) is 6.80. The van der Waals surface area contributed by atoms with Crippen LogP contribution < -0.4 is 10.1 Å². The van der Waals surface area contributed by atoms with Crippen LogP contribution in [0.4, 0.5) is 5.69 Å². The minimum absolute atomic E-state index is 0.561. The summed E-state index contributed by atoms with van der Waals surface area (Å²) in [7, 11) is 5.44. The molecule has 164 valence electrons. The number of carbonyl (C=O) groups is 1. The van der Waals surface area contributed by atoms with Crippen molar-refractivity contribution in [2.75, 3.05) is 7.11 Å². The average Bonchev–Trinajstić information content (AvgIpc) is 3.57. The molecule has 2 aromatic carbocycles. The summed E-state index contributed by atoms with van der Waals surface area (Å²) in [5.41, 5.74) is 3.79. The maximum absolute atomic E-state index is 10.6. The Hall–Kier alpha value is -4.20. The number of nitrogens with one attached hydrogen (secondary N) is 1. The van der Waals surface area contributed by atoms with Gasteiger partial charge in [-0.15, -0.1) is 0 Å². The quantitative estimate of drug-likeness (QED) is 0.504. The number of benzene rings is 2. The van der Waals surface area contributed by atoms with Crippen LogP contribution in [0.15, 0.2) is 84.6 Å². The Kier molecular flexibility index (Phi) is 7.91. The number of aryl methyl sites for hydroxylation is 2. The van der Waals surface area contributed by atoms with Crippen molar-refractivity contribution >= 4 is 17.9 Å². The van der Waals surface area contributed by atoms with Crippen molar-refractivity contribution in [2.24, 2.45) is 19.1 Å². The zero-order chi connectivity index (χ0) is 22.8. The Morgan fingerprint density at radius 2 is 1.81 bits per heavy atom. The summed E-state index contributed by atoms with van der Waals surface area (Å²) in [4.78, 5) is 18.9. The fourth-order valence-electron chi connectivity index (χ4n) is 3.10. The van der Waals surface area contributed by atoms with Crippen molar-refractivity contribution < 1.29 is 9.53 Å². The first-order valence-corrected chi connectivity index (χ1v) is 10.0. The summed E-state index contributed by atoms with van der Waals surface area (Å²) in [6.07, 6.45) is 10.3. The van der Waals surface area contributed by atoms with E-state index in [1.165, 1.54) is 0 Å². The summed E-state index contributed by atoms with van der Waals surface area (Å²) >= 11 is 0. The van der Waals surface area contributed by atoms with Crippen LogP contribution in [0.1, 0.15) is 5.56 Å². The summed E-state index contributed by atoms with van der Waals surface area (Å²) < 4.78 is 9.00. The van der Waals surface area contributed by atoms with E-state index in [0.29, 0.717) is 18.7 Å². The molecule has 0 unspecified atom stereocenters. The van der Waals surface area contributed by atoms with Gasteiger partial charge in [-0.1, -0.05) is 36.4 Å². The van der Waals surface area contributed by atoms with Gasteiger partial charge in [-0.2, -0.15) is 5.10 Å². The smallest absolute Gasteiger partial charge is 0.212 e. The Balaban J connectivity index is 0.000000195. The lowest BCUT2D eigenvalue weighted by Crippen LogP contribution is -2.21. The second-order valence-corrected chi connectivity index (χ2v) is 6.93. The van der Waals surface area contributed by atoms with Crippen molar-refractivity contribution in [3.05, 3.63) is 85.2 Å². The van der Waals surface area contributed by atoms with Crippen molar-refractivity contribution in [1.29, 1.82) is 0 Å². The molecule has 8 heteroatoms. The molecule has 1 amide bonds. The molecule has 1 N–H and O–H groups in total. The van der Waals surface area contributed by atoms with Crippen LogP contribution in [0.3, 0.4) is 0 Å². The number of rotatable bonds is 3. The van der Waals surface area contributed by atoms with Gasteiger partial charge >= 0.3 is 0 Å². The number of carbonyl (C=O) groups excluding carboxylic acids is 1. The number of methoxy groups -OCH3 is 1. The van der Waals surface area contributed by atoms with Gasteiger partial charge in [0, 0.05) is 55.8 Å². The fraction of sp³-hybridized carbons (Fsp3) is 0.167. The minimum atomic E-state index is 0.561. The van der Waals surface area contributed by atoms with E-state index in [9.17, 15) is 4.79 Å². The van der Waals surface area contributed by atoms with Gasteiger partial charge in [-0.05, 0) is 12.1 Å². The van der Waals surface area contributed by atoms with Crippen molar-refractivity contribution in [2.45, 2.75) is 6.42 Å². The monoisotopic (exact) mass is 430 g/mol. The molecule has 5 rings (SSSR count). The van der Waals surface area contributed by atoms with Crippen LogP contribution >= 0.6 is 0 Å². The number of amides is 1. The van der Waals surface area contributed by atoms with Gasteiger partial charge in [0.15, 0.2) is 0 Å². The Morgan fingerprint density at radius 3 is 2.28 bits per heavy atom. The highest BCUT2D eigenvalue weighted by Gasteiger charge is 2.22. The van der Waals surface area contributed by atoms with E-state index < -0.39 is 0 Å². The molecule has 0 aliphatic carbocycles. The van der Waals surface area contributed by atoms with Crippen LogP contribution in [0.25, 0.3) is 11.1 Å². The molecule has 0 fully saturated rings. The third kappa shape index (κ3) is 5.91. The lowest BCUT2D eigenvalue weighted by atomic mass is 10.0. The molecule has 0 saturated carbocycles. The molecular formula is C24H26N6O2. The molecule has 8 nitrogen and oxygen atoms in total. The zero-order valence-corrected chi connectivity index (χ0v) is 18.3. The maximum atomic E-state index is 10.6. The lowest BCUT2D eigenvalue weighted by Gasteiger charge is -2.09. The molecule has 0 bridgehead atoms. The molecule has 2 aromatic heterocycles. The largest absolute Gasteiger partial charge is 0.496 e. The first-order chi connectivity index (χ1) is 15.6. The van der Waals surface area contributed by atoms with Gasteiger partial charge in [0.25, 0.3) is 0 Å². The molecule has 4 aromatic rings. The molecule has 0 atom stereocenters. The van der Waals surface area contributed by atoms with E-state index in [4.69, 9.17) is 4.74 Å². The third-order valence-electron chi connectivity index (χ3n) is 4.60. The van der Waals surface area contributed by atoms with Gasteiger partial charge in [0.2, 0.25) is 6.41 Å². The van der Waals surface area contributed by atoms with Gasteiger partial charge < -0.3 is 14.6 Å². The standard InChI is InChI=1S/C14H14N4O2.C6H6.C4H6N2/c1-18-7-9(6-16-18)10-3-4-12(20-2)11-5-13(15-8-19)17-14(10)11;1-2-4-6-5-3-1;1-6-3-2-5-4-6/h3-4,6-8H,5H2,1-2H3,(H,15,17,19);1-6H;2-4H,1H3. The highest BCUT2D eigenvalue weighted by molar-refractivity contribution is 6.01. The maximum Gasteiger partial charge on any atom is 0.212 e. The molecule has 32 heavy (non-hydrogen) atoms. The van der Waals surface area contributed by atoms with Crippen molar-refractivity contribution in [1.82, 2.24) is 24.6 Å². The van der Waals surface area contributed by atoms with Crippen LogP contribution in [-0.4, -0.2) is 38.7 Å². The zero-order valence-electron chi connectivity index (χ0n) is 18.3. The number of hydrogen-bond donors (Lipinski definition) is 1. The molecule has 1 aliphatic rings. The molecule has 3 heterocycles. The number of fused-ring (bicyclic) bond motifs is 1. The number of aromatic nitrogens is 4. The van der Waals surface area contributed by atoms with E-state index in [-0.39, 0.29) is 0 Å². The Morgan fingerprint density at radius 1 is 1.09 bits per heavy atom. The predicted molar refractivity (Wildman–Crippen MR) is 125 cm³/mol. The van der Waals surface area contributed by atoms with Gasteiger partial charge in [-0.3, -0.25) is 9.48 Å². The normalized spacial score (nSPS) is 11.2. The summed E-state index contributed by atoms with van der Waals surface area (Å²) in [6.45, 7) is 0. The first kappa shape index (κ1) is 22.5. The summed E-state index contributed by atoms with van der Waals surface area (Å²) in [6, 6.07) is 15.9. The molecule has 1 aliphatic heterocycles. The highest BCUT2D eigenvalue weighted by atomic mass is 16.5. The number of ether oxygens (including phenoxy) is 1. The number of imidazole rings is 1.